The third kappa shape index (κ3) is 7.94. The van der Waals surface area contributed by atoms with Crippen LogP contribution in [-0.4, -0.2) is 56.1 Å². The van der Waals surface area contributed by atoms with Gasteiger partial charge in [-0.3, -0.25) is 4.79 Å². The number of hydrogen-bond donors (Lipinski definition) is 1. The predicted molar refractivity (Wildman–Crippen MR) is 130 cm³/mol. The largest absolute Gasteiger partial charge is 0.491 e. The van der Waals surface area contributed by atoms with Crippen LogP contribution in [0.2, 0.25) is 10.0 Å². The van der Waals surface area contributed by atoms with Crippen LogP contribution in [0.3, 0.4) is 0 Å². The summed E-state index contributed by atoms with van der Waals surface area (Å²) in [4.78, 5) is 11.1. The van der Waals surface area contributed by atoms with Gasteiger partial charge in [-0.25, -0.2) is 0 Å². The SMILES string of the molecule is COC[C@H](O)COc1ccc(C(C)(C)c2cc(Cl)c(OC[C@H](CCl)OC(C)=O)c(Cl)c2)cc1. The second kappa shape index (κ2) is 12.7. The fourth-order valence-electron chi connectivity index (χ4n) is 3.15. The molecule has 2 atom stereocenters. The Bertz CT molecular complexity index is 894. The molecule has 0 bridgehead atoms. The van der Waals surface area contributed by atoms with Gasteiger partial charge in [0.1, 0.15) is 31.2 Å². The summed E-state index contributed by atoms with van der Waals surface area (Å²) in [6.45, 7) is 5.80. The van der Waals surface area contributed by atoms with E-state index < -0.39 is 23.6 Å². The number of carbonyl (C=O) groups is 1. The van der Waals surface area contributed by atoms with Gasteiger partial charge in [0.05, 0.1) is 22.5 Å². The normalized spacial score (nSPS) is 13.3. The van der Waals surface area contributed by atoms with Crippen molar-refractivity contribution < 1.29 is 28.8 Å². The average molecular weight is 520 g/mol. The van der Waals surface area contributed by atoms with E-state index in [2.05, 4.69) is 13.8 Å². The standard InChI is InChI=1S/C24H29Cl3O6/c1-15(28)33-20(11-25)14-32-23-21(26)9-17(10-22(23)27)24(2,3)16-5-7-19(8-6-16)31-13-18(29)12-30-4/h5-10,18,20,29H,11-14H2,1-4H3/t18-,20-/m0/s1. The molecule has 0 spiro atoms. The van der Waals surface area contributed by atoms with E-state index in [1.807, 2.05) is 24.3 Å². The monoisotopic (exact) mass is 518 g/mol. The number of aliphatic hydroxyl groups is 1. The Balaban J connectivity index is 2.14. The number of benzene rings is 2. The van der Waals surface area contributed by atoms with E-state index in [9.17, 15) is 9.90 Å². The molecule has 2 aromatic rings. The minimum Gasteiger partial charge on any atom is -0.491 e. The van der Waals surface area contributed by atoms with Gasteiger partial charge in [-0.1, -0.05) is 49.2 Å². The van der Waals surface area contributed by atoms with Crippen LogP contribution < -0.4 is 9.47 Å². The van der Waals surface area contributed by atoms with Gasteiger partial charge in [-0.15, -0.1) is 11.6 Å². The van der Waals surface area contributed by atoms with E-state index >= 15 is 0 Å². The van der Waals surface area contributed by atoms with Crippen molar-refractivity contribution in [2.45, 2.75) is 38.4 Å². The third-order valence-corrected chi connectivity index (χ3v) is 5.92. The first-order valence-corrected chi connectivity index (χ1v) is 11.6. The van der Waals surface area contributed by atoms with E-state index in [1.165, 1.54) is 14.0 Å². The summed E-state index contributed by atoms with van der Waals surface area (Å²) in [6, 6.07) is 11.2. The summed E-state index contributed by atoms with van der Waals surface area (Å²) in [5.41, 5.74) is 1.49. The van der Waals surface area contributed by atoms with Crippen molar-refractivity contribution in [3.05, 3.63) is 57.6 Å². The quantitative estimate of drug-likeness (QED) is 0.305. The van der Waals surface area contributed by atoms with Crippen LogP contribution in [0.1, 0.15) is 31.9 Å². The molecule has 182 valence electrons. The average Bonchev–Trinajstić information content (AvgIpc) is 2.76. The van der Waals surface area contributed by atoms with Gasteiger partial charge in [0.15, 0.2) is 5.75 Å². The second-order valence-electron chi connectivity index (χ2n) is 8.04. The predicted octanol–water partition coefficient (Wildman–Crippen LogP) is 5.25. The molecule has 9 heteroatoms. The summed E-state index contributed by atoms with van der Waals surface area (Å²) < 4.78 is 21.3. The molecule has 6 nitrogen and oxygen atoms in total. The van der Waals surface area contributed by atoms with Crippen LogP contribution in [0.5, 0.6) is 11.5 Å². The number of alkyl halides is 1. The number of esters is 1. The molecule has 2 aromatic carbocycles. The van der Waals surface area contributed by atoms with Crippen molar-refractivity contribution in [3.8, 4) is 11.5 Å². The first-order valence-electron chi connectivity index (χ1n) is 10.3. The number of carbonyl (C=O) groups excluding carboxylic acids is 1. The molecule has 0 saturated carbocycles. The molecule has 1 N–H and O–H groups in total. The van der Waals surface area contributed by atoms with E-state index in [1.54, 1.807) is 12.1 Å². The summed E-state index contributed by atoms with van der Waals surface area (Å²) in [5.74, 6) is 0.594. The van der Waals surface area contributed by atoms with Gasteiger partial charge in [-0.05, 0) is 35.4 Å². The molecule has 0 aliphatic rings. The topological polar surface area (TPSA) is 74.2 Å². The van der Waals surface area contributed by atoms with Crippen LogP contribution in [0.15, 0.2) is 36.4 Å². The lowest BCUT2D eigenvalue weighted by Gasteiger charge is -2.27. The molecule has 0 radical (unpaired) electrons. The zero-order valence-electron chi connectivity index (χ0n) is 19.1. The maximum absolute atomic E-state index is 11.1. The first kappa shape index (κ1) is 27.5. The molecule has 0 heterocycles. The molecule has 0 amide bonds. The summed E-state index contributed by atoms with van der Waals surface area (Å²) in [7, 11) is 1.52. The smallest absolute Gasteiger partial charge is 0.303 e. The maximum Gasteiger partial charge on any atom is 0.303 e. The van der Waals surface area contributed by atoms with Gasteiger partial charge < -0.3 is 24.1 Å². The zero-order valence-corrected chi connectivity index (χ0v) is 21.3. The van der Waals surface area contributed by atoms with Crippen molar-refractivity contribution in [2.75, 3.05) is 32.8 Å². The molecule has 0 fully saturated rings. The van der Waals surface area contributed by atoms with E-state index in [-0.39, 0.29) is 25.7 Å². The van der Waals surface area contributed by atoms with Gasteiger partial charge in [0.2, 0.25) is 0 Å². The highest BCUT2D eigenvalue weighted by Gasteiger charge is 2.26. The fourth-order valence-corrected chi connectivity index (χ4v) is 3.90. The molecule has 0 aliphatic heterocycles. The number of aliphatic hydroxyl groups excluding tert-OH is 1. The van der Waals surface area contributed by atoms with Crippen LogP contribution in [0, 0.1) is 0 Å². The molecule has 33 heavy (non-hydrogen) atoms. The van der Waals surface area contributed by atoms with Crippen molar-refractivity contribution in [1.29, 1.82) is 0 Å². The molecule has 0 unspecified atom stereocenters. The Kier molecular flexibility index (Phi) is 10.6. The van der Waals surface area contributed by atoms with Gasteiger partial charge in [-0.2, -0.15) is 0 Å². The molecule has 0 saturated heterocycles. The first-order chi connectivity index (χ1) is 15.6. The highest BCUT2D eigenvalue weighted by molar-refractivity contribution is 6.37. The summed E-state index contributed by atoms with van der Waals surface area (Å²) in [6.07, 6.45) is -1.30. The minimum absolute atomic E-state index is 0.0335. The van der Waals surface area contributed by atoms with E-state index in [0.29, 0.717) is 21.5 Å². The van der Waals surface area contributed by atoms with Crippen LogP contribution in [0.25, 0.3) is 0 Å². The molecule has 2 rings (SSSR count). The summed E-state index contributed by atoms with van der Waals surface area (Å²) in [5, 5.41) is 10.4. The number of rotatable bonds is 12. The lowest BCUT2D eigenvalue weighted by molar-refractivity contribution is -0.146. The van der Waals surface area contributed by atoms with Crippen molar-refractivity contribution in [1.82, 2.24) is 0 Å². The van der Waals surface area contributed by atoms with Crippen molar-refractivity contribution in [2.24, 2.45) is 0 Å². The van der Waals surface area contributed by atoms with Crippen molar-refractivity contribution in [3.63, 3.8) is 0 Å². The molecular formula is C24H29Cl3O6. The fraction of sp³-hybridized carbons (Fsp3) is 0.458. The summed E-state index contributed by atoms with van der Waals surface area (Å²) >= 11 is 18.8. The van der Waals surface area contributed by atoms with Gasteiger partial charge >= 0.3 is 5.97 Å². The molecule has 0 aliphatic carbocycles. The number of ether oxygens (including phenoxy) is 4. The highest BCUT2D eigenvalue weighted by Crippen LogP contribution is 2.40. The Morgan fingerprint density at radius 1 is 1.00 bits per heavy atom. The number of methoxy groups -OCH3 is 1. The van der Waals surface area contributed by atoms with E-state index in [4.69, 9.17) is 53.8 Å². The van der Waals surface area contributed by atoms with E-state index in [0.717, 1.165) is 11.1 Å². The Labute approximate surface area is 209 Å². The lowest BCUT2D eigenvalue weighted by atomic mass is 9.78. The Morgan fingerprint density at radius 3 is 2.12 bits per heavy atom. The van der Waals surface area contributed by atoms with Crippen LogP contribution in [0.4, 0.5) is 0 Å². The Morgan fingerprint density at radius 2 is 1.61 bits per heavy atom. The van der Waals surface area contributed by atoms with Crippen LogP contribution in [-0.2, 0) is 19.7 Å². The number of halogens is 3. The lowest BCUT2D eigenvalue weighted by Crippen LogP contribution is -2.26. The van der Waals surface area contributed by atoms with Gasteiger partial charge in [0.25, 0.3) is 0 Å². The maximum atomic E-state index is 11.1. The zero-order chi connectivity index (χ0) is 24.6. The molecular weight excluding hydrogens is 491 g/mol. The number of hydrogen-bond acceptors (Lipinski definition) is 6. The van der Waals surface area contributed by atoms with Crippen molar-refractivity contribution >= 4 is 40.8 Å². The van der Waals surface area contributed by atoms with Gasteiger partial charge in [0, 0.05) is 19.4 Å². The third-order valence-electron chi connectivity index (χ3n) is 5.02. The molecule has 0 aromatic heterocycles. The van der Waals surface area contributed by atoms with Crippen LogP contribution >= 0.6 is 34.8 Å². The highest BCUT2D eigenvalue weighted by atomic mass is 35.5. The Hall–Kier alpha value is -1.70. The minimum atomic E-state index is -0.690. The second-order valence-corrected chi connectivity index (χ2v) is 9.16.